The average Bonchev–Trinajstić information content (AvgIpc) is 3.27. The lowest BCUT2D eigenvalue weighted by molar-refractivity contribution is 0.0214. The highest BCUT2D eigenvalue weighted by Crippen LogP contribution is 2.28. The van der Waals surface area contributed by atoms with E-state index in [1.807, 2.05) is 26.0 Å². The lowest BCUT2D eigenvalue weighted by Crippen LogP contribution is -2.42. The zero-order valence-electron chi connectivity index (χ0n) is 18.6. The van der Waals surface area contributed by atoms with Crippen LogP contribution < -0.4 is 5.56 Å². The monoisotopic (exact) mass is 448 g/mol. The zero-order valence-corrected chi connectivity index (χ0v) is 18.6. The van der Waals surface area contributed by atoms with E-state index in [0.29, 0.717) is 44.2 Å². The van der Waals surface area contributed by atoms with Gasteiger partial charge in [-0.2, -0.15) is 0 Å². The molecule has 1 fully saturated rings. The van der Waals surface area contributed by atoms with Gasteiger partial charge in [0.05, 0.1) is 25.3 Å². The zero-order chi connectivity index (χ0) is 22.9. The number of rotatable bonds is 5. The largest absolute Gasteiger partial charge is 0.379 e. The van der Waals surface area contributed by atoms with Crippen LogP contribution in [0.15, 0.2) is 47.3 Å². The second-order valence-corrected chi connectivity index (χ2v) is 8.40. The third kappa shape index (κ3) is 4.17. The summed E-state index contributed by atoms with van der Waals surface area (Å²) < 4.78 is 20.6. The second-order valence-electron chi connectivity index (χ2n) is 8.40. The van der Waals surface area contributed by atoms with E-state index in [1.54, 1.807) is 16.8 Å². The number of fused-ring (bicyclic) bond motifs is 1. The summed E-state index contributed by atoms with van der Waals surface area (Å²) in [4.78, 5) is 18.6. The maximum absolute atomic E-state index is 13.4. The SMILES string of the molecule is Cc1ccc2cc(C(c3nnnn3Cc3ccc(F)cc3)N3CCOCC3)c(=O)[nH]c2c1C. The number of aromatic amines is 1. The first-order valence-electron chi connectivity index (χ1n) is 11.0. The van der Waals surface area contributed by atoms with Crippen LogP contribution in [-0.4, -0.2) is 56.4 Å². The van der Waals surface area contributed by atoms with Gasteiger partial charge in [-0.25, -0.2) is 9.07 Å². The van der Waals surface area contributed by atoms with Crippen molar-refractivity contribution in [2.45, 2.75) is 26.4 Å². The average molecular weight is 449 g/mol. The molecule has 0 saturated carbocycles. The number of benzene rings is 2. The fourth-order valence-corrected chi connectivity index (χ4v) is 4.36. The van der Waals surface area contributed by atoms with Gasteiger partial charge in [-0.1, -0.05) is 24.3 Å². The van der Waals surface area contributed by atoms with Crippen molar-refractivity contribution in [3.8, 4) is 0 Å². The van der Waals surface area contributed by atoms with Crippen molar-refractivity contribution in [2.75, 3.05) is 26.3 Å². The van der Waals surface area contributed by atoms with Crippen LogP contribution in [0, 0.1) is 19.7 Å². The Kier molecular flexibility index (Phi) is 5.74. The van der Waals surface area contributed by atoms with E-state index in [2.05, 4.69) is 31.5 Å². The van der Waals surface area contributed by atoms with Crippen LogP contribution in [0.1, 0.15) is 34.1 Å². The molecule has 1 aliphatic heterocycles. The highest BCUT2D eigenvalue weighted by atomic mass is 19.1. The minimum atomic E-state index is -0.445. The minimum absolute atomic E-state index is 0.163. The van der Waals surface area contributed by atoms with Gasteiger partial charge in [0.1, 0.15) is 11.9 Å². The second kappa shape index (κ2) is 8.84. The number of nitrogens with zero attached hydrogens (tertiary/aromatic N) is 5. The van der Waals surface area contributed by atoms with E-state index < -0.39 is 6.04 Å². The van der Waals surface area contributed by atoms with Gasteiger partial charge in [-0.05, 0) is 64.5 Å². The van der Waals surface area contributed by atoms with Crippen molar-refractivity contribution < 1.29 is 9.13 Å². The molecule has 170 valence electrons. The van der Waals surface area contributed by atoms with Gasteiger partial charge in [-0.3, -0.25) is 9.69 Å². The summed E-state index contributed by atoms with van der Waals surface area (Å²) >= 11 is 0. The van der Waals surface area contributed by atoms with Gasteiger partial charge >= 0.3 is 0 Å². The molecule has 9 heteroatoms. The Bertz CT molecular complexity index is 1340. The standard InChI is InChI=1S/C24H25FN6O2/c1-15-3-6-18-13-20(24(32)26-21(18)16(15)2)22(30-9-11-33-12-10-30)23-27-28-29-31(23)14-17-4-7-19(25)8-5-17/h3-8,13,22H,9-12,14H2,1-2H3,(H,26,32). The Morgan fingerprint density at radius 3 is 2.64 bits per heavy atom. The maximum atomic E-state index is 13.4. The molecule has 1 aliphatic rings. The molecule has 2 aromatic heterocycles. The lowest BCUT2D eigenvalue weighted by atomic mass is 10.00. The van der Waals surface area contributed by atoms with E-state index in [0.717, 1.165) is 27.6 Å². The number of aromatic nitrogens is 5. The third-order valence-corrected chi connectivity index (χ3v) is 6.33. The predicted octanol–water partition coefficient (Wildman–Crippen LogP) is 2.74. The fraction of sp³-hybridized carbons (Fsp3) is 0.333. The molecule has 8 nitrogen and oxygen atoms in total. The Morgan fingerprint density at radius 1 is 1.12 bits per heavy atom. The number of aryl methyl sites for hydroxylation is 2. The predicted molar refractivity (Wildman–Crippen MR) is 122 cm³/mol. The molecule has 0 radical (unpaired) electrons. The number of morpholine rings is 1. The molecule has 0 bridgehead atoms. The lowest BCUT2D eigenvalue weighted by Gasteiger charge is -2.33. The summed E-state index contributed by atoms with van der Waals surface area (Å²) in [7, 11) is 0. The van der Waals surface area contributed by atoms with E-state index in [9.17, 15) is 9.18 Å². The van der Waals surface area contributed by atoms with Crippen LogP contribution >= 0.6 is 0 Å². The van der Waals surface area contributed by atoms with Gasteiger partial charge in [0.2, 0.25) is 0 Å². The van der Waals surface area contributed by atoms with Gasteiger partial charge in [0.15, 0.2) is 5.82 Å². The van der Waals surface area contributed by atoms with E-state index in [-0.39, 0.29) is 11.4 Å². The normalized spacial score (nSPS) is 15.7. The fourth-order valence-electron chi connectivity index (χ4n) is 4.36. The number of nitrogens with one attached hydrogen (secondary N) is 1. The Balaban J connectivity index is 1.62. The Morgan fingerprint density at radius 2 is 1.88 bits per heavy atom. The first-order valence-corrected chi connectivity index (χ1v) is 11.0. The summed E-state index contributed by atoms with van der Waals surface area (Å²) in [6.07, 6.45) is 0. The minimum Gasteiger partial charge on any atom is -0.379 e. The first kappa shape index (κ1) is 21.4. The molecule has 0 spiro atoms. The molecule has 33 heavy (non-hydrogen) atoms. The summed E-state index contributed by atoms with van der Waals surface area (Å²) in [5.74, 6) is 0.269. The number of ether oxygens (including phenoxy) is 1. The van der Waals surface area contributed by atoms with Crippen LogP contribution in [0.2, 0.25) is 0 Å². The Labute approximate surface area is 190 Å². The molecule has 4 aromatic rings. The van der Waals surface area contributed by atoms with Crippen molar-refractivity contribution in [2.24, 2.45) is 0 Å². The van der Waals surface area contributed by atoms with E-state index in [1.165, 1.54) is 12.1 Å². The van der Waals surface area contributed by atoms with Crippen LogP contribution in [0.4, 0.5) is 4.39 Å². The smallest absolute Gasteiger partial charge is 0.253 e. The van der Waals surface area contributed by atoms with Crippen molar-refractivity contribution >= 4 is 10.9 Å². The summed E-state index contributed by atoms with van der Waals surface area (Å²) in [6, 6.07) is 11.8. The van der Waals surface area contributed by atoms with Crippen molar-refractivity contribution in [3.05, 3.63) is 86.7 Å². The molecule has 1 unspecified atom stereocenters. The molecule has 2 aromatic carbocycles. The molecule has 1 saturated heterocycles. The van der Waals surface area contributed by atoms with Crippen molar-refractivity contribution in [1.82, 2.24) is 30.1 Å². The highest BCUT2D eigenvalue weighted by molar-refractivity contribution is 5.83. The molecule has 3 heterocycles. The van der Waals surface area contributed by atoms with Crippen molar-refractivity contribution in [1.29, 1.82) is 0 Å². The molecule has 1 atom stereocenters. The summed E-state index contributed by atoms with van der Waals surface area (Å²) in [6.45, 7) is 6.85. The molecule has 1 N–H and O–H groups in total. The number of hydrogen-bond donors (Lipinski definition) is 1. The highest BCUT2D eigenvalue weighted by Gasteiger charge is 2.31. The molecule has 0 aliphatic carbocycles. The van der Waals surface area contributed by atoms with Gasteiger partial charge < -0.3 is 9.72 Å². The topological polar surface area (TPSA) is 88.9 Å². The van der Waals surface area contributed by atoms with E-state index in [4.69, 9.17) is 4.74 Å². The first-order chi connectivity index (χ1) is 16.0. The van der Waals surface area contributed by atoms with Gasteiger partial charge in [0.25, 0.3) is 5.56 Å². The Hall–Kier alpha value is -3.43. The molecular formula is C24H25FN6O2. The summed E-state index contributed by atoms with van der Waals surface area (Å²) in [5, 5.41) is 13.4. The number of H-pyrrole nitrogens is 1. The number of halogens is 1. The molecule has 5 rings (SSSR count). The number of tetrazole rings is 1. The molecular weight excluding hydrogens is 423 g/mol. The number of hydrogen-bond acceptors (Lipinski definition) is 6. The van der Waals surface area contributed by atoms with Crippen LogP contribution in [0.5, 0.6) is 0 Å². The van der Waals surface area contributed by atoms with Gasteiger partial charge in [0, 0.05) is 18.7 Å². The van der Waals surface area contributed by atoms with E-state index >= 15 is 0 Å². The van der Waals surface area contributed by atoms with Crippen molar-refractivity contribution in [3.63, 3.8) is 0 Å². The van der Waals surface area contributed by atoms with Crippen LogP contribution in [0.25, 0.3) is 10.9 Å². The number of pyridine rings is 1. The van der Waals surface area contributed by atoms with Crippen LogP contribution in [-0.2, 0) is 11.3 Å². The quantitative estimate of drug-likeness (QED) is 0.505. The summed E-state index contributed by atoms with van der Waals surface area (Å²) in [5.41, 5.74) is 4.31. The third-order valence-electron chi connectivity index (χ3n) is 6.33. The van der Waals surface area contributed by atoms with Gasteiger partial charge in [-0.15, -0.1) is 5.10 Å². The van der Waals surface area contributed by atoms with Crippen LogP contribution in [0.3, 0.4) is 0 Å². The maximum Gasteiger partial charge on any atom is 0.253 e. The molecule has 0 amide bonds.